The standard InChI is InChI=1S/C21H22N4S/c1-16-10-11-17(2)18(14-16)15-23-25(13-7-3-6-12-22)21-24-19-8-4-5-9-20(19)26-21/h4-5,8-11,14-15H,3,6-7,13H2,1-2H3/b23-15+. The van der Waals surface area contributed by atoms with Crippen LogP contribution in [0.4, 0.5) is 5.13 Å². The molecular weight excluding hydrogens is 340 g/mol. The number of fused-ring (bicyclic) bond motifs is 1. The first-order valence-corrected chi connectivity index (χ1v) is 9.60. The summed E-state index contributed by atoms with van der Waals surface area (Å²) in [6, 6.07) is 16.7. The van der Waals surface area contributed by atoms with Crippen LogP contribution in [0.5, 0.6) is 0 Å². The zero-order valence-corrected chi connectivity index (χ0v) is 16.0. The first-order valence-electron chi connectivity index (χ1n) is 8.78. The minimum Gasteiger partial charge on any atom is -0.239 e. The normalized spacial score (nSPS) is 11.1. The Kier molecular flexibility index (Phi) is 5.98. The summed E-state index contributed by atoms with van der Waals surface area (Å²) in [7, 11) is 0. The van der Waals surface area contributed by atoms with E-state index in [0.717, 1.165) is 40.3 Å². The molecule has 0 saturated heterocycles. The summed E-state index contributed by atoms with van der Waals surface area (Å²) in [6.07, 6.45) is 4.28. The highest BCUT2D eigenvalue weighted by atomic mass is 32.1. The Morgan fingerprint density at radius 3 is 2.85 bits per heavy atom. The Hall–Kier alpha value is -2.71. The summed E-state index contributed by atoms with van der Waals surface area (Å²) in [4.78, 5) is 4.73. The first kappa shape index (κ1) is 18.1. The molecule has 3 aromatic rings. The van der Waals surface area contributed by atoms with Gasteiger partial charge in [-0.25, -0.2) is 9.99 Å². The summed E-state index contributed by atoms with van der Waals surface area (Å²) in [5, 5.41) is 16.3. The second-order valence-corrected chi connectivity index (χ2v) is 7.32. The van der Waals surface area contributed by atoms with E-state index in [4.69, 9.17) is 15.3 Å². The predicted octanol–water partition coefficient (Wildman–Crippen LogP) is 5.45. The minimum atomic E-state index is 0.578. The first-order chi connectivity index (χ1) is 12.7. The quantitative estimate of drug-likeness (QED) is 0.319. The molecule has 132 valence electrons. The van der Waals surface area contributed by atoms with Crippen molar-refractivity contribution in [2.75, 3.05) is 11.6 Å². The highest BCUT2D eigenvalue weighted by Crippen LogP contribution is 2.29. The van der Waals surface area contributed by atoms with Crippen molar-refractivity contribution in [3.63, 3.8) is 0 Å². The minimum absolute atomic E-state index is 0.578. The van der Waals surface area contributed by atoms with Gasteiger partial charge in [0, 0.05) is 13.0 Å². The molecule has 1 heterocycles. The fourth-order valence-corrected chi connectivity index (χ4v) is 3.62. The Morgan fingerprint density at radius 2 is 2.04 bits per heavy atom. The summed E-state index contributed by atoms with van der Waals surface area (Å²) in [6.45, 7) is 4.93. The lowest BCUT2D eigenvalue weighted by molar-refractivity contribution is 0.713. The molecule has 5 heteroatoms. The highest BCUT2D eigenvalue weighted by Gasteiger charge is 2.11. The van der Waals surface area contributed by atoms with Gasteiger partial charge in [-0.15, -0.1) is 0 Å². The number of hydrazone groups is 1. The fraction of sp³-hybridized carbons (Fsp3) is 0.286. The molecule has 0 radical (unpaired) electrons. The van der Waals surface area contributed by atoms with Crippen molar-refractivity contribution in [2.45, 2.75) is 33.1 Å². The van der Waals surface area contributed by atoms with Gasteiger partial charge in [0.1, 0.15) is 0 Å². The van der Waals surface area contributed by atoms with Crippen molar-refractivity contribution in [1.29, 1.82) is 5.26 Å². The maximum atomic E-state index is 8.75. The van der Waals surface area contributed by atoms with Crippen LogP contribution in [0.15, 0.2) is 47.6 Å². The molecule has 26 heavy (non-hydrogen) atoms. The van der Waals surface area contributed by atoms with Crippen LogP contribution < -0.4 is 5.01 Å². The smallest absolute Gasteiger partial charge is 0.207 e. The van der Waals surface area contributed by atoms with E-state index >= 15 is 0 Å². The molecule has 0 unspecified atom stereocenters. The van der Waals surface area contributed by atoms with Gasteiger partial charge < -0.3 is 0 Å². The van der Waals surface area contributed by atoms with Crippen molar-refractivity contribution in [1.82, 2.24) is 4.98 Å². The number of thiazole rings is 1. The van der Waals surface area contributed by atoms with Gasteiger partial charge in [-0.05, 0) is 49.9 Å². The average molecular weight is 363 g/mol. The molecule has 0 saturated carbocycles. The van der Waals surface area contributed by atoms with Crippen LogP contribution in [0.2, 0.25) is 0 Å². The van der Waals surface area contributed by atoms with Crippen molar-refractivity contribution >= 4 is 32.9 Å². The van der Waals surface area contributed by atoms with E-state index in [9.17, 15) is 0 Å². The van der Waals surface area contributed by atoms with E-state index in [-0.39, 0.29) is 0 Å². The molecule has 1 aromatic heterocycles. The van der Waals surface area contributed by atoms with Crippen molar-refractivity contribution in [2.24, 2.45) is 5.10 Å². The third kappa shape index (κ3) is 4.47. The zero-order chi connectivity index (χ0) is 18.4. The Balaban J connectivity index is 1.86. The third-order valence-electron chi connectivity index (χ3n) is 4.18. The zero-order valence-electron chi connectivity index (χ0n) is 15.1. The van der Waals surface area contributed by atoms with E-state index in [0.29, 0.717) is 6.42 Å². The van der Waals surface area contributed by atoms with Crippen molar-refractivity contribution in [3.05, 3.63) is 59.2 Å². The highest BCUT2D eigenvalue weighted by molar-refractivity contribution is 7.22. The van der Waals surface area contributed by atoms with Crippen LogP contribution in [-0.2, 0) is 0 Å². The van der Waals surface area contributed by atoms with Gasteiger partial charge in [0.15, 0.2) is 0 Å². The van der Waals surface area contributed by atoms with Gasteiger partial charge >= 0.3 is 0 Å². The SMILES string of the molecule is Cc1ccc(C)c(/C=N/N(CCCCC#N)c2nc3ccccc3s2)c1. The van der Waals surface area contributed by atoms with Crippen LogP contribution in [-0.4, -0.2) is 17.7 Å². The van der Waals surface area contributed by atoms with Gasteiger partial charge in [0.2, 0.25) is 5.13 Å². The molecule has 4 nitrogen and oxygen atoms in total. The predicted molar refractivity (Wildman–Crippen MR) is 110 cm³/mol. The number of hydrogen-bond donors (Lipinski definition) is 0. The largest absolute Gasteiger partial charge is 0.239 e. The Morgan fingerprint density at radius 1 is 1.19 bits per heavy atom. The number of benzene rings is 2. The second kappa shape index (κ2) is 8.59. The van der Waals surface area contributed by atoms with E-state index < -0.39 is 0 Å². The maximum absolute atomic E-state index is 8.75. The number of unbranched alkanes of at least 4 members (excludes halogenated alkanes) is 2. The molecule has 0 bridgehead atoms. The van der Waals surface area contributed by atoms with Crippen molar-refractivity contribution < 1.29 is 0 Å². The van der Waals surface area contributed by atoms with E-state index in [1.165, 1.54) is 11.1 Å². The molecule has 0 spiro atoms. The maximum Gasteiger partial charge on any atom is 0.207 e. The van der Waals surface area contributed by atoms with Crippen LogP contribution in [0, 0.1) is 25.2 Å². The van der Waals surface area contributed by atoms with Crippen LogP contribution in [0.25, 0.3) is 10.2 Å². The average Bonchev–Trinajstić information content (AvgIpc) is 3.07. The van der Waals surface area contributed by atoms with Gasteiger partial charge in [0.25, 0.3) is 0 Å². The number of nitrogens with zero attached hydrogens (tertiary/aromatic N) is 4. The molecule has 0 aliphatic carbocycles. The van der Waals surface area contributed by atoms with E-state index in [1.807, 2.05) is 29.4 Å². The summed E-state index contributed by atoms with van der Waals surface area (Å²) in [5.74, 6) is 0. The molecule has 0 aliphatic heterocycles. The number of para-hydroxylation sites is 1. The van der Waals surface area contributed by atoms with E-state index in [2.05, 4.69) is 44.2 Å². The van der Waals surface area contributed by atoms with Crippen molar-refractivity contribution in [3.8, 4) is 6.07 Å². The van der Waals surface area contributed by atoms with Gasteiger partial charge in [-0.2, -0.15) is 10.4 Å². The topological polar surface area (TPSA) is 52.3 Å². The number of nitriles is 1. The summed E-state index contributed by atoms with van der Waals surface area (Å²) in [5.41, 5.74) is 4.54. The van der Waals surface area contributed by atoms with Crippen LogP contribution in [0.1, 0.15) is 36.0 Å². The summed E-state index contributed by atoms with van der Waals surface area (Å²) >= 11 is 1.65. The number of rotatable bonds is 7. The summed E-state index contributed by atoms with van der Waals surface area (Å²) < 4.78 is 1.16. The van der Waals surface area contributed by atoms with Gasteiger partial charge in [-0.3, -0.25) is 0 Å². The lowest BCUT2D eigenvalue weighted by Crippen LogP contribution is -2.18. The van der Waals surface area contributed by atoms with Crippen LogP contribution in [0.3, 0.4) is 0 Å². The fourth-order valence-electron chi connectivity index (χ4n) is 2.67. The number of aryl methyl sites for hydroxylation is 2. The molecule has 0 N–H and O–H groups in total. The number of anilines is 1. The Labute approximate surface area is 158 Å². The molecule has 0 fully saturated rings. The van der Waals surface area contributed by atoms with Gasteiger partial charge in [-0.1, -0.05) is 47.2 Å². The van der Waals surface area contributed by atoms with Gasteiger partial charge in [0.05, 0.1) is 22.5 Å². The molecule has 3 rings (SSSR count). The molecule has 2 aromatic carbocycles. The third-order valence-corrected chi connectivity index (χ3v) is 5.23. The van der Waals surface area contributed by atoms with E-state index in [1.54, 1.807) is 11.3 Å². The molecule has 0 aliphatic rings. The second-order valence-electron chi connectivity index (χ2n) is 6.31. The number of aromatic nitrogens is 1. The monoisotopic (exact) mass is 362 g/mol. The molecule has 0 atom stereocenters. The lowest BCUT2D eigenvalue weighted by Gasteiger charge is -2.15. The number of hydrogen-bond acceptors (Lipinski definition) is 5. The molecule has 0 amide bonds. The lowest BCUT2D eigenvalue weighted by atomic mass is 10.1. The molecular formula is C21H22N4S. The Bertz CT molecular complexity index is 919. The van der Waals surface area contributed by atoms with Crippen LogP contribution >= 0.6 is 11.3 Å².